The summed E-state index contributed by atoms with van der Waals surface area (Å²) in [6.45, 7) is 0. The molecule has 2 N–H and O–H groups in total. The Kier molecular flexibility index (Phi) is 9.46. The molecule has 0 atom stereocenters. The first-order chi connectivity index (χ1) is 15.5. The van der Waals surface area contributed by atoms with Crippen molar-refractivity contribution in [3.63, 3.8) is 0 Å². The van der Waals surface area contributed by atoms with Crippen molar-refractivity contribution in [2.75, 3.05) is 0 Å². The van der Waals surface area contributed by atoms with Gasteiger partial charge in [0.05, 0.1) is 11.1 Å². The van der Waals surface area contributed by atoms with E-state index < -0.39 is 82.7 Å². The van der Waals surface area contributed by atoms with E-state index in [0.717, 1.165) is 12.1 Å². The van der Waals surface area contributed by atoms with Crippen molar-refractivity contribution in [1.29, 1.82) is 0 Å². The van der Waals surface area contributed by atoms with E-state index in [1.54, 1.807) is 0 Å². The average Bonchev–Trinajstić information content (AvgIpc) is 2.68. The molecule has 0 spiro atoms. The molecule has 4 nitrogen and oxygen atoms in total. The fourth-order valence-electron chi connectivity index (χ4n) is 2.49. The molecule has 0 bridgehead atoms. The van der Waals surface area contributed by atoms with Crippen LogP contribution in [0.4, 0.5) is 43.9 Å². The van der Waals surface area contributed by atoms with Crippen molar-refractivity contribution in [2.45, 2.75) is 38.0 Å². The molecule has 2 aromatic carbocycles. The van der Waals surface area contributed by atoms with Crippen LogP contribution >= 0.6 is 0 Å². The standard InChI is InChI=1S/2C10H7F5O2/c2*11-8-5(2-4-7(16)17)1-3-6(9(8)12)10(13,14)15/h2*1,3H,2,4H2,(H,16,17). The maximum absolute atomic E-state index is 13.2. The number of benzene rings is 2. The summed E-state index contributed by atoms with van der Waals surface area (Å²) in [5, 5.41) is 16.6. The maximum atomic E-state index is 13.2. The van der Waals surface area contributed by atoms with Gasteiger partial charge in [-0.1, -0.05) is 12.1 Å². The zero-order valence-electron chi connectivity index (χ0n) is 16.6. The minimum absolute atomic E-state index is 0.365. The molecule has 0 radical (unpaired) electrons. The first-order valence-electron chi connectivity index (χ1n) is 8.98. The number of carbonyl (C=O) groups is 2. The normalized spacial score (nSPS) is 11.6. The molecule has 14 heteroatoms. The molecule has 0 aliphatic rings. The molecule has 0 saturated heterocycles. The Morgan fingerprint density at radius 1 is 0.588 bits per heavy atom. The highest BCUT2D eigenvalue weighted by Gasteiger charge is 2.36. The van der Waals surface area contributed by atoms with Gasteiger partial charge in [0.1, 0.15) is 0 Å². The van der Waals surface area contributed by atoms with E-state index in [1.165, 1.54) is 0 Å². The second-order valence-corrected chi connectivity index (χ2v) is 6.58. The third-order valence-electron chi connectivity index (χ3n) is 4.15. The largest absolute Gasteiger partial charge is 0.481 e. The SMILES string of the molecule is O=C(O)CCc1ccc(C(F)(F)F)c(F)c1F.O=C(O)CCc1ccc(C(F)(F)F)c(F)c1F. The van der Waals surface area contributed by atoms with Crippen molar-refractivity contribution in [3.05, 3.63) is 69.8 Å². The van der Waals surface area contributed by atoms with Gasteiger partial charge < -0.3 is 10.2 Å². The first kappa shape index (κ1) is 28.7. The number of alkyl halides is 6. The summed E-state index contributed by atoms with van der Waals surface area (Å²) >= 11 is 0. The molecule has 0 unspecified atom stereocenters. The van der Waals surface area contributed by atoms with Crippen LogP contribution in [0.15, 0.2) is 24.3 Å². The lowest BCUT2D eigenvalue weighted by Crippen LogP contribution is -2.11. The Morgan fingerprint density at radius 2 is 0.882 bits per heavy atom. The molecule has 0 aromatic heterocycles. The van der Waals surface area contributed by atoms with Crippen LogP contribution in [0.25, 0.3) is 0 Å². The van der Waals surface area contributed by atoms with Gasteiger partial charge in [-0.15, -0.1) is 0 Å². The van der Waals surface area contributed by atoms with Crippen LogP contribution in [0.2, 0.25) is 0 Å². The summed E-state index contributed by atoms with van der Waals surface area (Å²) in [5.41, 5.74) is -4.18. The summed E-state index contributed by atoms with van der Waals surface area (Å²) in [6.07, 6.45) is -11.7. The van der Waals surface area contributed by atoms with Gasteiger partial charge in [-0.2, -0.15) is 26.3 Å². The van der Waals surface area contributed by atoms with Gasteiger partial charge in [-0.05, 0) is 36.1 Å². The Bertz CT molecular complexity index is 962. The van der Waals surface area contributed by atoms with E-state index in [1.807, 2.05) is 0 Å². The fourth-order valence-corrected chi connectivity index (χ4v) is 2.49. The summed E-state index contributed by atoms with van der Waals surface area (Å²) < 4.78 is 125. The van der Waals surface area contributed by atoms with E-state index in [0.29, 0.717) is 12.1 Å². The van der Waals surface area contributed by atoms with Crippen LogP contribution in [0.1, 0.15) is 35.1 Å². The monoisotopic (exact) mass is 508 g/mol. The molecule has 0 heterocycles. The van der Waals surface area contributed by atoms with Crippen molar-refractivity contribution in [2.24, 2.45) is 0 Å². The number of halogens is 10. The van der Waals surface area contributed by atoms with Gasteiger partial charge in [0.2, 0.25) is 0 Å². The minimum atomic E-state index is -4.98. The molecular formula is C20H14F10O4. The van der Waals surface area contributed by atoms with Crippen LogP contribution in [0.3, 0.4) is 0 Å². The zero-order chi connectivity index (χ0) is 26.4. The smallest absolute Gasteiger partial charge is 0.419 e. The molecule has 0 aliphatic heterocycles. The molecule has 0 aliphatic carbocycles. The summed E-state index contributed by atoms with van der Waals surface area (Å²) in [7, 11) is 0. The van der Waals surface area contributed by atoms with Crippen LogP contribution in [0, 0.1) is 23.3 Å². The molecule has 188 valence electrons. The number of hydrogen-bond donors (Lipinski definition) is 2. The molecule has 2 aromatic rings. The Labute approximate surface area is 184 Å². The third kappa shape index (κ3) is 7.92. The number of carboxylic acid groups (broad SMARTS) is 2. The molecule has 0 saturated carbocycles. The predicted octanol–water partition coefficient (Wildman–Crippen LogP) is 6.00. The number of hydrogen-bond acceptors (Lipinski definition) is 2. The van der Waals surface area contributed by atoms with E-state index >= 15 is 0 Å². The van der Waals surface area contributed by atoms with Gasteiger partial charge in [-0.25, -0.2) is 17.6 Å². The number of aryl methyl sites for hydroxylation is 2. The zero-order valence-corrected chi connectivity index (χ0v) is 16.6. The van der Waals surface area contributed by atoms with E-state index in [4.69, 9.17) is 10.2 Å². The topological polar surface area (TPSA) is 74.6 Å². The van der Waals surface area contributed by atoms with Gasteiger partial charge >= 0.3 is 24.3 Å². The fraction of sp³-hybridized carbons (Fsp3) is 0.300. The highest BCUT2D eigenvalue weighted by molar-refractivity contribution is 5.67. The maximum Gasteiger partial charge on any atom is 0.419 e. The lowest BCUT2D eigenvalue weighted by atomic mass is 10.1. The average molecular weight is 508 g/mol. The quantitative estimate of drug-likeness (QED) is 0.470. The van der Waals surface area contributed by atoms with Crippen LogP contribution in [-0.4, -0.2) is 22.2 Å². The molecule has 34 heavy (non-hydrogen) atoms. The molecular weight excluding hydrogens is 494 g/mol. The van der Waals surface area contributed by atoms with Crippen LogP contribution in [0.5, 0.6) is 0 Å². The van der Waals surface area contributed by atoms with Crippen LogP contribution < -0.4 is 0 Å². The summed E-state index contributed by atoms with van der Waals surface area (Å²) in [5.74, 6) is -9.79. The Morgan fingerprint density at radius 3 is 1.12 bits per heavy atom. The van der Waals surface area contributed by atoms with Gasteiger partial charge in [0, 0.05) is 12.8 Å². The van der Waals surface area contributed by atoms with Crippen molar-refractivity contribution in [1.82, 2.24) is 0 Å². The lowest BCUT2D eigenvalue weighted by Gasteiger charge is -2.10. The minimum Gasteiger partial charge on any atom is -0.481 e. The Balaban J connectivity index is 0.000000340. The highest BCUT2D eigenvalue weighted by Crippen LogP contribution is 2.34. The van der Waals surface area contributed by atoms with E-state index in [2.05, 4.69) is 0 Å². The lowest BCUT2D eigenvalue weighted by molar-refractivity contribution is -0.141. The molecule has 2 rings (SSSR count). The number of carboxylic acids is 2. The molecule has 0 amide bonds. The third-order valence-corrected chi connectivity index (χ3v) is 4.15. The Hall–Kier alpha value is -3.32. The predicted molar refractivity (Wildman–Crippen MR) is 94.6 cm³/mol. The number of rotatable bonds is 6. The van der Waals surface area contributed by atoms with E-state index in [9.17, 15) is 53.5 Å². The first-order valence-corrected chi connectivity index (χ1v) is 8.98. The summed E-state index contributed by atoms with van der Waals surface area (Å²) in [6, 6.07) is 2.28. The number of aliphatic carboxylic acids is 2. The highest BCUT2D eigenvalue weighted by atomic mass is 19.4. The molecule has 0 fully saturated rings. The summed E-state index contributed by atoms with van der Waals surface area (Å²) in [4.78, 5) is 20.4. The second kappa shape index (κ2) is 11.2. The van der Waals surface area contributed by atoms with Gasteiger partial charge in [-0.3, -0.25) is 9.59 Å². The van der Waals surface area contributed by atoms with Crippen molar-refractivity contribution in [3.8, 4) is 0 Å². The van der Waals surface area contributed by atoms with E-state index in [-0.39, 0.29) is 12.8 Å². The van der Waals surface area contributed by atoms with Crippen LogP contribution in [-0.2, 0) is 34.8 Å². The van der Waals surface area contributed by atoms with Gasteiger partial charge in [0.25, 0.3) is 0 Å². The second-order valence-electron chi connectivity index (χ2n) is 6.58. The van der Waals surface area contributed by atoms with Crippen molar-refractivity contribution < 1.29 is 63.7 Å². The van der Waals surface area contributed by atoms with Gasteiger partial charge in [0.15, 0.2) is 23.3 Å². The van der Waals surface area contributed by atoms with Crippen molar-refractivity contribution >= 4 is 11.9 Å².